The van der Waals surface area contributed by atoms with E-state index >= 15 is 0 Å². The molecule has 1 atom stereocenters. The van der Waals surface area contributed by atoms with Gasteiger partial charge >= 0.3 is 12.0 Å². The third-order valence-corrected chi connectivity index (χ3v) is 3.61. The fraction of sp³-hybridized carbons (Fsp3) is 0.231. The van der Waals surface area contributed by atoms with Crippen molar-refractivity contribution in [3.63, 3.8) is 0 Å². The first-order valence-electron chi connectivity index (χ1n) is 5.65. The third kappa shape index (κ3) is 2.63. The van der Waals surface area contributed by atoms with Crippen LogP contribution in [-0.4, -0.2) is 19.1 Å². The number of esters is 1. The van der Waals surface area contributed by atoms with Crippen molar-refractivity contribution >= 4 is 27.9 Å². The van der Waals surface area contributed by atoms with E-state index in [2.05, 4.69) is 26.6 Å². The van der Waals surface area contributed by atoms with Crippen LogP contribution in [0.5, 0.6) is 0 Å². The molecule has 0 aromatic heterocycles. The first kappa shape index (κ1) is 13.6. The maximum absolute atomic E-state index is 11.9. The Hall–Kier alpha value is -1.82. The van der Waals surface area contributed by atoms with E-state index in [1.165, 1.54) is 7.11 Å². The fourth-order valence-corrected chi connectivity index (χ4v) is 2.53. The molecule has 0 fully saturated rings. The summed E-state index contributed by atoms with van der Waals surface area (Å²) in [5.41, 5.74) is 1.70. The molecule has 5 nitrogen and oxygen atoms in total. The molecule has 1 aliphatic heterocycles. The van der Waals surface area contributed by atoms with E-state index in [0.717, 1.165) is 10.0 Å². The SMILES string of the molecule is COC(=O)C1=C(C)NC(=O)N[C@@H]1c1ccccc1Br. The molecule has 2 N–H and O–H groups in total. The van der Waals surface area contributed by atoms with Crippen LogP contribution in [0, 0.1) is 0 Å². The lowest BCUT2D eigenvalue weighted by atomic mass is 9.96. The summed E-state index contributed by atoms with van der Waals surface area (Å²) < 4.78 is 5.60. The molecule has 0 unspecified atom stereocenters. The molecular formula is C13H13BrN2O3. The Morgan fingerprint density at radius 1 is 1.37 bits per heavy atom. The molecular weight excluding hydrogens is 312 g/mol. The van der Waals surface area contributed by atoms with Gasteiger partial charge in [-0.3, -0.25) is 0 Å². The van der Waals surface area contributed by atoms with Crippen LogP contribution in [0.1, 0.15) is 18.5 Å². The zero-order valence-corrected chi connectivity index (χ0v) is 12.1. The lowest BCUT2D eigenvalue weighted by Crippen LogP contribution is -2.45. The lowest BCUT2D eigenvalue weighted by Gasteiger charge is -2.28. The van der Waals surface area contributed by atoms with Crippen LogP contribution in [0.4, 0.5) is 4.79 Å². The highest BCUT2D eigenvalue weighted by Crippen LogP contribution is 2.31. The number of ether oxygens (including phenoxy) is 1. The van der Waals surface area contributed by atoms with E-state index in [-0.39, 0.29) is 6.03 Å². The Morgan fingerprint density at radius 3 is 2.68 bits per heavy atom. The molecule has 2 amide bonds. The number of nitrogens with one attached hydrogen (secondary N) is 2. The normalized spacial score (nSPS) is 18.7. The monoisotopic (exact) mass is 324 g/mol. The van der Waals surface area contributed by atoms with Crippen molar-refractivity contribution in [2.24, 2.45) is 0 Å². The number of rotatable bonds is 2. The van der Waals surface area contributed by atoms with Crippen LogP contribution in [0.15, 0.2) is 40.0 Å². The molecule has 1 aromatic carbocycles. The van der Waals surface area contributed by atoms with Gasteiger partial charge in [-0.15, -0.1) is 0 Å². The summed E-state index contributed by atoms with van der Waals surface area (Å²) in [5, 5.41) is 5.31. The number of carbonyl (C=O) groups excluding carboxylic acids is 2. The highest BCUT2D eigenvalue weighted by Gasteiger charge is 2.32. The van der Waals surface area contributed by atoms with Gasteiger partial charge in [0.25, 0.3) is 0 Å². The second-order valence-corrected chi connectivity index (χ2v) is 4.94. The molecule has 0 saturated carbocycles. The Bertz CT molecular complexity index is 569. The number of methoxy groups -OCH3 is 1. The summed E-state index contributed by atoms with van der Waals surface area (Å²) in [6.07, 6.45) is 0. The first-order valence-corrected chi connectivity index (χ1v) is 6.45. The molecule has 2 rings (SSSR count). The van der Waals surface area contributed by atoms with Crippen molar-refractivity contribution < 1.29 is 14.3 Å². The van der Waals surface area contributed by atoms with Crippen molar-refractivity contribution in [2.45, 2.75) is 13.0 Å². The van der Waals surface area contributed by atoms with Gasteiger partial charge in [0.2, 0.25) is 0 Å². The quantitative estimate of drug-likeness (QED) is 0.820. The van der Waals surface area contributed by atoms with Crippen molar-refractivity contribution in [3.05, 3.63) is 45.6 Å². The number of carbonyl (C=O) groups is 2. The third-order valence-electron chi connectivity index (χ3n) is 2.89. The number of halogens is 1. The molecule has 0 bridgehead atoms. The average Bonchev–Trinajstić information content (AvgIpc) is 2.37. The van der Waals surface area contributed by atoms with Crippen LogP contribution in [0.2, 0.25) is 0 Å². The van der Waals surface area contributed by atoms with Crippen LogP contribution in [0.3, 0.4) is 0 Å². The Labute approximate surface area is 119 Å². The van der Waals surface area contributed by atoms with Crippen molar-refractivity contribution in [1.29, 1.82) is 0 Å². The van der Waals surface area contributed by atoms with Gasteiger partial charge in [0, 0.05) is 10.2 Å². The van der Waals surface area contributed by atoms with Gasteiger partial charge in [0.15, 0.2) is 0 Å². The van der Waals surface area contributed by atoms with E-state index in [1.807, 2.05) is 24.3 Å². The Balaban J connectivity index is 2.53. The predicted octanol–water partition coefficient (Wildman–Crippen LogP) is 2.25. The topological polar surface area (TPSA) is 67.4 Å². The highest BCUT2D eigenvalue weighted by atomic mass is 79.9. The number of hydrogen-bond acceptors (Lipinski definition) is 3. The first-order chi connectivity index (χ1) is 9.04. The molecule has 19 heavy (non-hydrogen) atoms. The number of benzene rings is 1. The maximum Gasteiger partial charge on any atom is 0.337 e. The second kappa shape index (κ2) is 5.44. The number of amides is 2. The van der Waals surface area contributed by atoms with E-state index in [9.17, 15) is 9.59 Å². The smallest absolute Gasteiger partial charge is 0.337 e. The lowest BCUT2D eigenvalue weighted by molar-refractivity contribution is -0.136. The Kier molecular flexibility index (Phi) is 3.90. The summed E-state index contributed by atoms with van der Waals surface area (Å²) in [7, 11) is 1.32. The van der Waals surface area contributed by atoms with E-state index in [4.69, 9.17) is 4.74 Å². The summed E-state index contributed by atoms with van der Waals surface area (Å²) in [4.78, 5) is 23.5. The molecule has 1 aromatic rings. The van der Waals surface area contributed by atoms with Crippen molar-refractivity contribution in [2.75, 3.05) is 7.11 Å². The van der Waals surface area contributed by atoms with Crippen LogP contribution < -0.4 is 10.6 Å². The molecule has 0 spiro atoms. The highest BCUT2D eigenvalue weighted by molar-refractivity contribution is 9.10. The molecule has 0 radical (unpaired) electrons. The minimum Gasteiger partial charge on any atom is -0.466 e. The van der Waals surface area contributed by atoms with Gasteiger partial charge in [0.05, 0.1) is 18.7 Å². The standard InChI is InChI=1S/C13H13BrN2O3/c1-7-10(12(17)19-2)11(16-13(18)15-7)8-5-3-4-6-9(8)14/h3-6,11H,1-2H3,(H2,15,16,18)/t11-/m1/s1. The zero-order valence-electron chi connectivity index (χ0n) is 10.5. The van der Waals surface area contributed by atoms with Gasteiger partial charge < -0.3 is 15.4 Å². The predicted molar refractivity (Wildman–Crippen MR) is 73.3 cm³/mol. The van der Waals surface area contributed by atoms with Crippen molar-refractivity contribution in [1.82, 2.24) is 10.6 Å². The van der Waals surface area contributed by atoms with Gasteiger partial charge in [-0.25, -0.2) is 9.59 Å². The van der Waals surface area contributed by atoms with E-state index < -0.39 is 12.0 Å². The molecule has 1 heterocycles. The summed E-state index contributed by atoms with van der Waals surface area (Å²) in [6, 6.07) is 6.54. The number of allylic oxidation sites excluding steroid dienone is 1. The van der Waals surface area contributed by atoms with Gasteiger partial charge in [-0.2, -0.15) is 0 Å². The minimum absolute atomic E-state index is 0.342. The zero-order chi connectivity index (χ0) is 14.0. The minimum atomic E-state index is -0.531. The van der Waals surface area contributed by atoms with Crippen molar-refractivity contribution in [3.8, 4) is 0 Å². The molecule has 6 heteroatoms. The molecule has 1 aliphatic rings. The van der Waals surface area contributed by atoms with Crippen LogP contribution in [-0.2, 0) is 9.53 Å². The molecule has 0 saturated heterocycles. The van der Waals surface area contributed by atoms with Gasteiger partial charge in [-0.05, 0) is 18.6 Å². The Morgan fingerprint density at radius 2 is 2.05 bits per heavy atom. The number of urea groups is 1. The molecule has 0 aliphatic carbocycles. The van der Waals surface area contributed by atoms with Gasteiger partial charge in [-0.1, -0.05) is 34.1 Å². The molecule has 100 valence electrons. The van der Waals surface area contributed by atoms with Crippen LogP contribution in [0.25, 0.3) is 0 Å². The van der Waals surface area contributed by atoms with Gasteiger partial charge in [0.1, 0.15) is 0 Å². The summed E-state index contributed by atoms with van der Waals surface area (Å²) in [6.45, 7) is 1.68. The van der Waals surface area contributed by atoms with Crippen LogP contribution >= 0.6 is 15.9 Å². The number of hydrogen-bond donors (Lipinski definition) is 2. The van der Waals surface area contributed by atoms with E-state index in [0.29, 0.717) is 11.3 Å². The largest absolute Gasteiger partial charge is 0.466 e. The fourth-order valence-electron chi connectivity index (χ4n) is 2.02. The average molecular weight is 325 g/mol. The summed E-state index contributed by atoms with van der Waals surface area (Å²) in [5.74, 6) is -0.467. The maximum atomic E-state index is 11.9. The summed E-state index contributed by atoms with van der Waals surface area (Å²) >= 11 is 3.42. The van der Waals surface area contributed by atoms with E-state index in [1.54, 1.807) is 6.92 Å². The second-order valence-electron chi connectivity index (χ2n) is 4.08.